The lowest BCUT2D eigenvalue weighted by Crippen LogP contribution is -2.66. The summed E-state index contributed by atoms with van der Waals surface area (Å²) in [6, 6.07) is 21.4. The van der Waals surface area contributed by atoms with E-state index in [2.05, 4.69) is 104 Å². The molecule has 2 aromatic carbocycles. The molecule has 3 rings (SSSR count). The third-order valence-electron chi connectivity index (χ3n) is 7.40. The average Bonchev–Trinajstić information content (AvgIpc) is 3.32. The highest BCUT2D eigenvalue weighted by Crippen LogP contribution is 2.37. The highest BCUT2D eigenvalue weighted by Gasteiger charge is 2.50. The van der Waals surface area contributed by atoms with Gasteiger partial charge in [-0.05, 0) is 57.9 Å². The highest BCUT2D eigenvalue weighted by molar-refractivity contribution is 9.11. The van der Waals surface area contributed by atoms with Crippen molar-refractivity contribution in [3.63, 3.8) is 0 Å². The molecule has 1 aliphatic heterocycles. The summed E-state index contributed by atoms with van der Waals surface area (Å²) >= 11 is 3.35. The van der Waals surface area contributed by atoms with Crippen LogP contribution in [0.4, 0.5) is 0 Å². The lowest BCUT2D eigenvalue weighted by atomic mass is 9.93. The number of benzene rings is 2. The summed E-state index contributed by atoms with van der Waals surface area (Å²) in [5, 5.41) is 23.8. The summed E-state index contributed by atoms with van der Waals surface area (Å²) in [6.45, 7) is 13.3. The van der Waals surface area contributed by atoms with E-state index in [1.807, 2.05) is 6.92 Å². The molecule has 0 unspecified atom stereocenters. The summed E-state index contributed by atoms with van der Waals surface area (Å²) in [4.78, 5) is 0. The zero-order valence-corrected chi connectivity index (χ0v) is 24.8. The molecule has 6 heteroatoms. The Hall–Kier alpha value is -1.28. The number of halogens is 1. The van der Waals surface area contributed by atoms with Gasteiger partial charge in [0.25, 0.3) is 8.32 Å². The van der Waals surface area contributed by atoms with E-state index in [1.165, 1.54) is 10.4 Å². The number of hydrogen-bond donors (Lipinski definition) is 2. The Labute approximate surface area is 227 Å². The second-order valence-corrected chi connectivity index (χ2v) is 16.6. The van der Waals surface area contributed by atoms with Gasteiger partial charge in [0.1, 0.15) is 6.10 Å². The van der Waals surface area contributed by atoms with Crippen molar-refractivity contribution in [2.45, 2.75) is 89.3 Å². The van der Waals surface area contributed by atoms with Crippen LogP contribution in [0.1, 0.15) is 59.8 Å². The van der Waals surface area contributed by atoms with Gasteiger partial charge < -0.3 is 19.4 Å². The van der Waals surface area contributed by atoms with Gasteiger partial charge in [0.2, 0.25) is 0 Å². The van der Waals surface area contributed by atoms with Gasteiger partial charge in [0.15, 0.2) is 0 Å². The molecule has 0 saturated carbocycles. The molecule has 36 heavy (non-hydrogen) atoms. The van der Waals surface area contributed by atoms with E-state index in [0.717, 1.165) is 30.2 Å². The quantitative estimate of drug-likeness (QED) is 0.258. The monoisotopic (exact) mass is 574 g/mol. The van der Waals surface area contributed by atoms with Gasteiger partial charge in [-0.2, -0.15) is 0 Å². The van der Waals surface area contributed by atoms with E-state index in [4.69, 9.17) is 9.16 Å². The fraction of sp³-hybridized carbons (Fsp3) is 0.533. The van der Waals surface area contributed by atoms with Crippen molar-refractivity contribution in [1.29, 1.82) is 0 Å². The SMILES string of the molecule is C=C(Br)C[C@@H](C)[C@@H](O)[C@H](O)[C@@H]1CC[C@H](CCCO[Si](c2ccccc2)(c2ccccc2)C(C)(C)C)O1. The van der Waals surface area contributed by atoms with Crippen LogP contribution in [0.15, 0.2) is 71.7 Å². The number of ether oxygens (including phenoxy) is 1. The van der Waals surface area contributed by atoms with Crippen molar-refractivity contribution >= 4 is 34.6 Å². The number of hydrogen-bond acceptors (Lipinski definition) is 4. The zero-order valence-electron chi connectivity index (χ0n) is 22.2. The van der Waals surface area contributed by atoms with Crippen LogP contribution in [0.5, 0.6) is 0 Å². The number of aliphatic hydroxyl groups is 2. The molecule has 2 aromatic rings. The lowest BCUT2D eigenvalue weighted by Gasteiger charge is -2.43. The van der Waals surface area contributed by atoms with Gasteiger partial charge in [-0.25, -0.2) is 0 Å². The smallest absolute Gasteiger partial charge is 0.261 e. The number of allylic oxidation sites excluding steroid dienone is 1. The fourth-order valence-electron chi connectivity index (χ4n) is 5.52. The van der Waals surface area contributed by atoms with E-state index in [-0.39, 0.29) is 23.2 Å². The largest absolute Gasteiger partial charge is 0.407 e. The van der Waals surface area contributed by atoms with Crippen LogP contribution in [0, 0.1) is 5.92 Å². The lowest BCUT2D eigenvalue weighted by molar-refractivity contribution is -0.100. The highest BCUT2D eigenvalue weighted by atomic mass is 79.9. The van der Waals surface area contributed by atoms with Gasteiger partial charge >= 0.3 is 0 Å². The van der Waals surface area contributed by atoms with Crippen molar-refractivity contribution in [3.8, 4) is 0 Å². The minimum Gasteiger partial charge on any atom is -0.407 e. The van der Waals surface area contributed by atoms with Crippen LogP contribution in [-0.2, 0) is 9.16 Å². The summed E-state index contributed by atoms with van der Waals surface area (Å²) < 4.78 is 14.0. The number of rotatable bonds is 12. The third-order valence-corrected chi connectivity index (χ3v) is 12.8. The van der Waals surface area contributed by atoms with E-state index in [9.17, 15) is 10.2 Å². The van der Waals surface area contributed by atoms with Crippen LogP contribution in [0.25, 0.3) is 0 Å². The second kappa shape index (κ2) is 13.0. The van der Waals surface area contributed by atoms with E-state index >= 15 is 0 Å². The maximum Gasteiger partial charge on any atom is 0.261 e. The molecule has 0 spiro atoms. The molecule has 2 N–H and O–H groups in total. The fourth-order valence-corrected chi connectivity index (χ4v) is 10.6. The molecule has 1 heterocycles. The molecule has 0 aromatic heterocycles. The van der Waals surface area contributed by atoms with Crippen molar-refractivity contribution in [2.75, 3.05) is 6.61 Å². The Morgan fingerprint density at radius 2 is 1.61 bits per heavy atom. The minimum atomic E-state index is -2.52. The molecule has 1 saturated heterocycles. The van der Waals surface area contributed by atoms with E-state index < -0.39 is 20.5 Å². The van der Waals surface area contributed by atoms with Crippen LogP contribution in [0.3, 0.4) is 0 Å². The predicted octanol–water partition coefficient (Wildman–Crippen LogP) is 5.55. The zero-order chi connectivity index (χ0) is 26.3. The molecule has 4 nitrogen and oxygen atoms in total. The first-order valence-electron chi connectivity index (χ1n) is 13.2. The standard InChI is InChI=1S/C30H43BrO4Si/c1-22(21-23(2)31)28(32)29(33)27-19-18-24(35-27)13-12-20-34-36(30(3,4)5,25-14-8-6-9-15-25)26-16-10-7-11-17-26/h6-11,14-17,22,24,27-29,32-33H,2,12-13,18-21H2,1,3-5H3/t22-,24+,27+,28-,29-/m1/s1. The molecule has 1 fully saturated rings. The van der Waals surface area contributed by atoms with Crippen molar-refractivity contribution in [3.05, 3.63) is 71.7 Å². The molecule has 198 valence electrons. The van der Waals surface area contributed by atoms with Crippen molar-refractivity contribution in [1.82, 2.24) is 0 Å². The average molecular weight is 576 g/mol. The molecule has 0 radical (unpaired) electrons. The molecule has 0 aliphatic carbocycles. The van der Waals surface area contributed by atoms with E-state index in [0.29, 0.717) is 13.0 Å². The summed E-state index contributed by atoms with van der Waals surface area (Å²) in [5.41, 5.74) is 0. The van der Waals surface area contributed by atoms with Crippen molar-refractivity contribution < 1.29 is 19.4 Å². The van der Waals surface area contributed by atoms with Crippen LogP contribution in [-0.4, -0.2) is 49.6 Å². The number of aliphatic hydroxyl groups excluding tert-OH is 2. The summed E-state index contributed by atoms with van der Waals surface area (Å²) in [5.74, 6) is -0.0885. The summed E-state index contributed by atoms with van der Waals surface area (Å²) in [7, 11) is -2.52. The Balaban J connectivity index is 1.62. The molecule has 1 aliphatic rings. The molecular formula is C30H43BrO4Si. The normalized spacial score (nSPS) is 21.2. The third kappa shape index (κ3) is 6.97. The first-order valence-corrected chi connectivity index (χ1v) is 15.9. The second-order valence-electron chi connectivity index (χ2n) is 11.2. The molecule has 0 amide bonds. The Morgan fingerprint density at radius 3 is 2.11 bits per heavy atom. The Bertz CT molecular complexity index is 907. The van der Waals surface area contributed by atoms with E-state index in [1.54, 1.807) is 0 Å². The van der Waals surface area contributed by atoms with Gasteiger partial charge in [-0.15, -0.1) is 0 Å². The molecule has 5 atom stereocenters. The minimum absolute atomic E-state index is 0.0396. The topological polar surface area (TPSA) is 58.9 Å². The van der Waals surface area contributed by atoms with Crippen LogP contribution in [0.2, 0.25) is 5.04 Å². The van der Waals surface area contributed by atoms with Gasteiger partial charge in [-0.1, -0.05) is 111 Å². The maximum atomic E-state index is 10.7. The first-order chi connectivity index (χ1) is 17.1. The summed E-state index contributed by atoms with van der Waals surface area (Å²) in [6.07, 6.45) is 2.09. The Morgan fingerprint density at radius 1 is 1.06 bits per heavy atom. The first kappa shape index (κ1) is 29.3. The van der Waals surface area contributed by atoms with Crippen molar-refractivity contribution in [2.24, 2.45) is 5.92 Å². The van der Waals surface area contributed by atoms with Crippen LogP contribution < -0.4 is 10.4 Å². The van der Waals surface area contributed by atoms with Gasteiger partial charge in [0.05, 0.1) is 18.3 Å². The Kier molecular flexibility index (Phi) is 10.6. The molecule has 0 bridgehead atoms. The predicted molar refractivity (Wildman–Crippen MR) is 155 cm³/mol. The van der Waals surface area contributed by atoms with Crippen LogP contribution >= 0.6 is 15.9 Å². The van der Waals surface area contributed by atoms with Gasteiger partial charge in [0, 0.05) is 6.61 Å². The maximum absolute atomic E-state index is 10.7. The molecular weight excluding hydrogens is 532 g/mol. The van der Waals surface area contributed by atoms with Gasteiger partial charge in [-0.3, -0.25) is 0 Å².